The summed E-state index contributed by atoms with van der Waals surface area (Å²) in [5.41, 5.74) is 3.91. The fourth-order valence-corrected chi connectivity index (χ4v) is 4.09. The van der Waals surface area contributed by atoms with Crippen LogP contribution in [0, 0.1) is 12.8 Å². The lowest BCUT2D eigenvalue weighted by Gasteiger charge is -2.31. The van der Waals surface area contributed by atoms with E-state index in [-0.39, 0.29) is 0 Å². The van der Waals surface area contributed by atoms with Gasteiger partial charge in [-0.05, 0) is 69.3 Å². The molecule has 1 aromatic carbocycles. The van der Waals surface area contributed by atoms with Crippen molar-refractivity contribution in [1.29, 1.82) is 0 Å². The number of aromatic amines is 1. The van der Waals surface area contributed by atoms with Gasteiger partial charge in [0.25, 0.3) is 0 Å². The number of rotatable bonds is 7. The lowest BCUT2D eigenvalue weighted by Crippen LogP contribution is -2.40. The standard InChI is InChI=1S/C22H35N5/c1-4-27-14-10-18(11-15-27)8-12-24-22(23-3)25-13-9-19-16-26-21-17(2)6-5-7-20(19)21/h5-7,16,18,26H,4,8-15H2,1-3H3,(H2,23,24,25). The Morgan fingerprint density at radius 1 is 1.22 bits per heavy atom. The van der Waals surface area contributed by atoms with Crippen molar-refractivity contribution in [2.45, 2.75) is 39.5 Å². The molecule has 1 aliphatic heterocycles. The Morgan fingerprint density at radius 3 is 2.74 bits per heavy atom. The number of likely N-dealkylation sites (tertiary alicyclic amines) is 1. The van der Waals surface area contributed by atoms with Crippen molar-refractivity contribution in [2.24, 2.45) is 10.9 Å². The van der Waals surface area contributed by atoms with Crippen molar-refractivity contribution < 1.29 is 0 Å². The summed E-state index contributed by atoms with van der Waals surface area (Å²) in [4.78, 5) is 10.3. The van der Waals surface area contributed by atoms with Crippen LogP contribution in [0.2, 0.25) is 0 Å². The van der Waals surface area contributed by atoms with Crippen molar-refractivity contribution in [3.8, 4) is 0 Å². The molecule has 5 nitrogen and oxygen atoms in total. The van der Waals surface area contributed by atoms with E-state index in [1.54, 1.807) is 0 Å². The molecule has 0 amide bonds. The van der Waals surface area contributed by atoms with Gasteiger partial charge in [-0.15, -0.1) is 0 Å². The van der Waals surface area contributed by atoms with Gasteiger partial charge in [0.15, 0.2) is 5.96 Å². The van der Waals surface area contributed by atoms with E-state index >= 15 is 0 Å². The number of hydrogen-bond donors (Lipinski definition) is 3. The Hall–Kier alpha value is -2.01. The number of hydrogen-bond acceptors (Lipinski definition) is 2. The van der Waals surface area contributed by atoms with Crippen molar-refractivity contribution in [2.75, 3.05) is 39.8 Å². The zero-order valence-corrected chi connectivity index (χ0v) is 17.1. The number of nitrogens with one attached hydrogen (secondary N) is 3. The Bertz CT molecular complexity index is 740. The Balaban J connectivity index is 1.38. The Labute approximate surface area is 163 Å². The van der Waals surface area contributed by atoms with Gasteiger partial charge in [0.2, 0.25) is 0 Å². The summed E-state index contributed by atoms with van der Waals surface area (Å²) in [6, 6.07) is 6.48. The van der Waals surface area contributed by atoms with Crippen molar-refractivity contribution in [1.82, 2.24) is 20.5 Å². The van der Waals surface area contributed by atoms with Gasteiger partial charge in [-0.2, -0.15) is 0 Å². The maximum absolute atomic E-state index is 4.37. The molecule has 2 heterocycles. The molecule has 0 aliphatic carbocycles. The molecule has 1 aromatic heterocycles. The van der Waals surface area contributed by atoms with Gasteiger partial charge in [-0.25, -0.2) is 0 Å². The van der Waals surface area contributed by atoms with Crippen LogP contribution in [-0.4, -0.2) is 55.6 Å². The van der Waals surface area contributed by atoms with Crippen LogP contribution in [0.5, 0.6) is 0 Å². The maximum atomic E-state index is 4.37. The molecule has 2 aromatic rings. The summed E-state index contributed by atoms with van der Waals surface area (Å²) in [5.74, 6) is 1.77. The molecule has 0 spiro atoms. The highest BCUT2D eigenvalue weighted by atomic mass is 15.2. The van der Waals surface area contributed by atoms with Crippen molar-refractivity contribution in [3.05, 3.63) is 35.5 Å². The number of aromatic nitrogens is 1. The Kier molecular flexibility index (Phi) is 7.16. The minimum absolute atomic E-state index is 0.855. The molecule has 1 saturated heterocycles. The fourth-order valence-electron chi connectivity index (χ4n) is 4.09. The molecular formula is C22H35N5. The van der Waals surface area contributed by atoms with Crippen LogP contribution in [0.3, 0.4) is 0 Å². The first-order valence-electron chi connectivity index (χ1n) is 10.4. The Morgan fingerprint density at radius 2 is 2.00 bits per heavy atom. The summed E-state index contributed by atoms with van der Waals surface area (Å²) < 4.78 is 0. The maximum Gasteiger partial charge on any atom is 0.190 e. The molecule has 5 heteroatoms. The van der Waals surface area contributed by atoms with Gasteiger partial charge in [-0.1, -0.05) is 25.1 Å². The molecule has 0 bridgehead atoms. The largest absolute Gasteiger partial charge is 0.361 e. The number of H-pyrrole nitrogens is 1. The van der Waals surface area contributed by atoms with Gasteiger partial charge >= 0.3 is 0 Å². The third kappa shape index (κ3) is 5.25. The molecule has 0 radical (unpaired) electrons. The minimum Gasteiger partial charge on any atom is -0.361 e. The first kappa shape index (κ1) is 19.7. The van der Waals surface area contributed by atoms with E-state index in [0.29, 0.717) is 0 Å². The summed E-state index contributed by atoms with van der Waals surface area (Å²) in [7, 11) is 1.85. The number of aryl methyl sites for hydroxylation is 1. The zero-order valence-electron chi connectivity index (χ0n) is 17.1. The highest BCUT2D eigenvalue weighted by molar-refractivity contribution is 5.86. The fraction of sp³-hybridized carbons (Fsp3) is 0.591. The molecule has 1 aliphatic rings. The van der Waals surface area contributed by atoms with E-state index in [2.05, 4.69) is 63.8 Å². The SMILES string of the molecule is CCN1CCC(CCNC(=NC)NCCc2c[nH]c3c(C)cccc23)CC1. The third-order valence-electron chi connectivity index (χ3n) is 5.92. The van der Waals surface area contributed by atoms with E-state index in [9.17, 15) is 0 Å². The van der Waals surface area contributed by atoms with E-state index in [0.717, 1.165) is 31.4 Å². The number of fused-ring (bicyclic) bond motifs is 1. The van der Waals surface area contributed by atoms with Crippen molar-refractivity contribution >= 4 is 16.9 Å². The second-order valence-corrected chi connectivity index (χ2v) is 7.65. The first-order chi connectivity index (χ1) is 13.2. The minimum atomic E-state index is 0.855. The van der Waals surface area contributed by atoms with Crippen LogP contribution in [0.25, 0.3) is 10.9 Å². The van der Waals surface area contributed by atoms with Gasteiger partial charge in [0, 0.05) is 37.2 Å². The van der Waals surface area contributed by atoms with E-state index in [1.165, 1.54) is 60.9 Å². The van der Waals surface area contributed by atoms with Crippen LogP contribution >= 0.6 is 0 Å². The lowest BCUT2D eigenvalue weighted by molar-refractivity contribution is 0.187. The van der Waals surface area contributed by atoms with Gasteiger partial charge in [-0.3, -0.25) is 4.99 Å². The second-order valence-electron chi connectivity index (χ2n) is 7.65. The molecular weight excluding hydrogens is 334 g/mol. The number of nitrogens with zero attached hydrogens (tertiary/aromatic N) is 2. The van der Waals surface area contributed by atoms with Crippen molar-refractivity contribution in [3.63, 3.8) is 0 Å². The van der Waals surface area contributed by atoms with Crippen LogP contribution in [0.15, 0.2) is 29.4 Å². The first-order valence-corrected chi connectivity index (χ1v) is 10.4. The van der Waals surface area contributed by atoms with Gasteiger partial charge < -0.3 is 20.5 Å². The predicted octanol–water partition coefficient (Wildman–Crippen LogP) is 3.31. The number of piperidine rings is 1. The average Bonchev–Trinajstić information content (AvgIpc) is 3.12. The molecule has 0 saturated carbocycles. The average molecular weight is 370 g/mol. The molecule has 3 N–H and O–H groups in total. The highest BCUT2D eigenvalue weighted by Gasteiger charge is 2.17. The molecule has 0 unspecified atom stereocenters. The van der Waals surface area contributed by atoms with Crippen LogP contribution in [0.4, 0.5) is 0 Å². The van der Waals surface area contributed by atoms with Gasteiger partial charge in [0.05, 0.1) is 0 Å². The number of benzene rings is 1. The molecule has 1 fully saturated rings. The topological polar surface area (TPSA) is 55.4 Å². The second kappa shape index (κ2) is 9.79. The predicted molar refractivity (Wildman–Crippen MR) is 116 cm³/mol. The quantitative estimate of drug-likeness (QED) is 0.518. The van der Waals surface area contributed by atoms with Gasteiger partial charge in [0.1, 0.15) is 0 Å². The van der Waals surface area contributed by atoms with Crippen LogP contribution in [-0.2, 0) is 6.42 Å². The molecule has 0 atom stereocenters. The third-order valence-corrected chi connectivity index (χ3v) is 5.92. The van der Waals surface area contributed by atoms with E-state index in [4.69, 9.17) is 0 Å². The lowest BCUT2D eigenvalue weighted by atomic mass is 9.93. The summed E-state index contributed by atoms with van der Waals surface area (Å²) in [6.07, 6.45) is 7.03. The summed E-state index contributed by atoms with van der Waals surface area (Å²) >= 11 is 0. The zero-order chi connectivity index (χ0) is 19.1. The van der Waals surface area contributed by atoms with E-state index in [1.807, 2.05) is 7.05 Å². The van der Waals surface area contributed by atoms with Crippen LogP contribution in [0.1, 0.15) is 37.3 Å². The highest BCUT2D eigenvalue weighted by Crippen LogP contribution is 2.21. The monoisotopic (exact) mass is 369 g/mol. The summed E-state index contributed by atoms with van der Waals surface area (Å²) in [6.45, 7) is 10.0. The number of guanidine groups is 1. The number of aliphatic imine (C=N–C) groups is 1. The molecule has 27 heavy (non-hydrogen) atoms. The summed E-state index contributed by atoms with van der Waals surface area (Å²) in [5, 5.41) is 8.28. The van der Waals surface area contributed by atoms with Crippen LogP contribution < -0.4 is 10.6 Å². The smallest absolute Gasteiger partial charge is 0.190 e. The molecule has 148 valence electrons. The normalized spacial score (nSPS) is 16.8. The number of para-hydroxylation sites is 1. The molecule has 3 rings (SSSR count). The van der Waals surface area contributed by atoms with E-state index < -0.39 is 0 Å².